The Hall–Kier alpha value is -0.660. The van der Waals surface area contributed by atoms with Crippen LogP contribution in [-0.4, -0.2) is 35.8 Å². The molecule has 0 aliphatic heterocycles. The van der Waals surface area contributed by atoms with Crippen molar-refractivity contribution >= 4 is 16.1 Å². The summed E-state index contributed by atoms with van der Waals surface area (Å²) < 4.78 is 28.9. The number of nitrogens with two attached hydrogens (primary N) is 1. The van der Waals surface area contributed by atoms with Crippen LogP contribution in [-0.2, 0) is 14.9 Å². The van der Waals surface area contributed by atoms with Gasteiger partial charge in [-0.05, 0) is 12.8 Å². The molecular formula is C7H15NO5S. The van der Waals surface area contributed by atoms with Crippen LogP contribution in [0.3, 0.4) is 0 Å². The second kappa shape index (κ2) is 5.94. The van der Waals surface area contributed by atoms with Crippen molar-refractivity contribution in [2.45, 2.75) is 31.7 Å². The Bertz CT molecular complexity index is 274. The van der Waals surface area contributed by atoms with E-state index in [-0.39, 0.29) is 5.75 Å². The maximum atomic E-state index is 10.3. The van der Waals surface area contributed by atoms with Crippen LogP contribution in [0.25, 0.3) is 0 Å². The maximum absolute atomic E-state index is 10.3. The first-order chi connectivity index (χ1) is 6.33. The number of carbonyl (C=O) groups is 1. The Morgan fingerprint density at radius 3 is 2.29 bits per heavy atom. The van der Waals surface area contributed by atoms with Crippen LogP contribution in [0.4, 0.5) is 0 Å². The minimum atomic E-state index is -3.89. The van der Waals surface area contributed by atoms with E-state index in [9.17, 15) is 13.2 Å². The predicted molar refractivity (Wildman–Crippen MR) is 50.5 cm³/mol. The topological polar surface area (TPSA) is 118 Å². The Morgan fingerprint density at radius 1 is 1.29 bits per heavy atom. The molecule has 1 atom stereocenters. The molecule has 0 aliphatic carbocycles. The minimum Gasteiger partial charge on any atom is -0.480 e. The standard InChI is InChI=1S/C7H15NO5S/c8-6(7(9)10)4-2-1-3-5-14(11,12)13/h6H,1-5,8H2,(H,9,10)(H,11,12,13)/t6-/m1/s1. The highest BCUT2D eigenvalue weighted by molar-refractivity contribution is 7.85. The number of hydrogen-bond donors (Lipinski definition) is 3. The fraction of sp³-hybridized carbons (Fsp3) is 0.857. The van der Waals surface area contributed by atoms with Crippen molar-refractivity contribution in [3.63, 3.8) is 0 Å². The van der Waals surface area contributed by atoms with E-state index in [2.05, 4.69) is 0 Å². The fourth-order valence-corrected chi connectivity index (χ4v) is 1.52. The van der Waals surface area contributed by atoms with Crippen molar-refractivity contribution in [3.8, 4) is 0 Å². The van der Waals surface area contributed by atoms with Gasteiger partial charge in [-0.1, -0.05) is 12.8 Å². The Labute approximate surface area is 82.9 Å². The maximum Gasteiger partial charge on any atom is 0.320 e. The van der Waals surface area contributed by atoms with Gasteiger partial charge < -0.3 is 10.8 Å². The van der Waals surface area contributed by atoms with Gasteiger partial charge in [0.25, 0.3) is 10.1 Å². The number of carboxylic acids is 1. The molecule has 0 radical (unpaired) electrons. The molecule has 0 aromatic carbocycles. The van der Waals surface area contributed by atoms with Crippen LogP contribution in [0.5, 0.6) is 0 Å². The van der Waals surface area contributed by atoms with Crippen molar-refractivity contribution in [2.75, 3.05) is 5.75 Å². The van der Waals surface area contributed by atoms with Gasteiger partial charge >= 0.3 is 5.97 Å². The van der Waals surface area contributed by atoms with E-state index in [0.717, 1.165) is 0 Å². The Kier molecular flexibility index (Phi) is 5.66. The smallest absolute Gasteiger partial charge is 0.320 e. The zero-order valence-corrected chi connectivity index (χ0v) is 8.53. The SMILES string of the molecule is N[C@H](CCCCCS(=O)(=O)O)C(=O)O. The van der Waals surface area contributed by atoms with Crippen LogP contribution in [0.2, 0.25) is 0 Å². The summed E-state index contributed by atoms with van der Waals surface area (Å²) in [5.41, 5.74) is 5.22. The summed E-state index contributed by atoms with van der Waals surface area (Å²) in [5.74, 6) is -1.34. The first-order valence-electron chi connectivity index (χ1n) is 4.26. The van der Waals surface area contributed by atoms with E-state index >= 15 is 0 Å². The molecular weight excluding hydrogens is 210 g/mol. The second-order valence-electron chi connectivity index (χ2n) is 3.08. The average Bonchev–Trinajstić information content (AvgIpc) is 2.01. The molecule has 7 heteroatoms. The molecule has 0 aromatic heterocycles. The lowest BCUT2D eigenvalue weighted by molar-refractivity contribution is -0.138. The summed E-state index contributed by atoms with van der Waals surface area (Å²) in [6.45, 7) is 0. The first-order valence-corrected chi connectivity index (χ1v) is 5.87. The molecule has 0 fully saturated rings. The van der Waals surface area contributed by atoms with Crippen LogP contribution in [0.15, 0.2) is 0 Å². The van der Waals surface area contributed by atoms with Crippen molar-refractivity contribution in [1.82, 2.24) is 0 Å². The van der Waals surface area contributed by atoms with Crippen LogP contribution >= 0.6 is 0 Å². The van der Waals surface area contributed by atoms with E-state index in [1.54, 1.807) is 0 Å². The highest BCUT2D eigenvalue weighted by Crippen LogP contribution is 2.03. The number of hydrogen-bond acceptors (Lipinski definition) is 4. The van der Waals surface area contributed by atoms with E-state index in [0.29, 0.717) is 25.7 Å². The van der Waals surface area contributed by atoms with Crippen LogP contribution in [0, 0.1) is 0 Å². The number of carboxylic acid groups (broad SMARTS) is 1. The molecule has 0 spiro atoms. The minimum absolute atomic E-state index is 0.282. The van der Waals surface area contributed by atoms with Gasteiger partial charge in [0.2, 0.25) is 0 Å². The van der Waals surface area contributed by atoms with Gasteiger partial charge in [-0.3, -0.25) is 9.35 Å². The fourth-order valence-electron chi connectivity index (χ4n) is 0.949. The molecule has 0 aliphatic rings. The van der Waals surface area contributed by atoms with Gasteiger partial charge in [-0.15, -0.1) is 0 Å². The number of unbranched alkanes of at least 4 members (excludes halogenated alkanes) is 2. The quantitative estimate of drug-likeness (QED) is 0.409. The van der Waals surface area contributed by atoms with Crippen molar-refractivity contribution in [2.24, 2.45) is 5.73 Å². The molecule has 0 saturated carbocycles. The monoisotopic (exact) mass is 225 g/mol. The molecule has 0 aromatic rings. The molecule has 4 N–H and O–H groups in total. The molecule has 6 nitrogen and oxygen atoms in total. The Balaban J connectivity index is 3.44. The summed E-state index contributed by atoms with van der Waals surface area (Å²) in [7, 11) is -3.89. The summed E-state index contributed by atoms with van der Waals surface area (Å²) >= 11 is 0. The van der Waals surface area contributed by atoms with Gasteiger partial charge in [0.05, 0.1) is 5.75 Å². The second-order valence-corrected chi connectivity index (χ2v) is 4.65. The molecule has 14 heavy (non-hydrogen) atoms. The molecule has 0 saturated heterocycles. The number of rotatable bonds is 7. The lowest BCUT2D eigenvalue weighted by atomic mass is 10.1. The van der Waals surface area contributed by atoms with E-state index < -0.39 is 22.1 Å². The highest BCUT2D eigenvalue weighted by atomic mass is 32.2. The lowest BCUT2D eigenvalue weighted by Crippen LogP contribution is -2.29. The highest BCUT2D eigenvalue weighted by Gasteiger charge is 2.10. The normalized spacial score (nSPS) is 13.9. The third kappa shape index (κ3) is 7.96. The van der Waals surface area contributed by atoms with E-state index in [4.69, 9.17) is 15.4 Å². The van der Waals surface area contributed by atoms with Gasteiger partial charge in [0.15, 0.2) is 0 Å². The number of aliphatic carboxylic acids is 1. The predicted octanol–water partition coefficient (Wildman–Crippen LogP) is -0.153. The van der Waals surface area contributed by atoms with Crippen molar-refractivity contribution in [3.05, 3.63) is 0 Å². The van der Waals surface area contributed by atoms with Crippen molar-refractivity contribution < 1.29 is 22.9 Å². The molecule has 0 unspecified atom stereocenters. The summed E-state index contributed by atoms with van der Waals surface area (Å²) in [4.78, 5) is 10.3. The van der Waals surface area contributed by atoms with Gasteiger partial charge in [-0.2, -0.15) is 8.42 Å². The summed E-state index contributed by atoms with van der Waals surface area (Å²) in [5, 5.41) is 8.41. The largest absolute Gasteiger partial charge is 0.480 e. The molecule has 0 heterocycles. The average molecular weight is 225 g/mol. The van der Waals surface area contributed by atoms with E-state index in [1.807, 2.05) is 0 Å². The van der Waals surface area contributed by atoms with Gasteiger partial charge in [0, 0.05) is 0 Å². The third-order valence-electron chi connectivity index (χ3n) is 1.73. The summed E-state index contributed by atoms with van der Waals surface area (Å²) in [6, 6.07) is -0.888. The molecule has 0 amide bonds. The lowest BCUT2D eigenvalue weighted by Gasteiger charge is -2.04. The zero-order chi connectivity index (χ0) is 11.2. The third-order valence-corrected chi connectivity index (χ3v) is 2.54. The first kappa shape index (κ1) is 13.3. The van der Waals surface area contributed by atoms with Crippen molar-refractivity contribution in [1.29, 1.82) is 0 Å². The molecule has 84 valence electrons. The zero-order valence-electron chi connectivity index (χ0n) is 7.72. The summed E-state index contributed by atoms with van der Waals surface area (Å²) in [6.07, 6.45) is 1.73. The molecule has 0 bridgehead atoms. The van der Waals surface area contributed by atoms with E-state index in [1.165, 1.54) is 0 Å². The Morgan fingerprint density at radius 2 is 1.86 bits per heavy atom. The van der Waals surface area contributed by atoms with Crippen LogP contribution < -0.4 is 5.73 Å². The molecule has 0 rings (SSSR count). The van der Waals surface area contributed by atoms with Gasteiger partial charge in [0.1, 0.15) is 6.04 Å². The van der Waals surface area contributed by atoms with Crippen LogP contribution in [0.1, 0.15) is 25.7 Å². The van der Waals surface area contributed by atoms with Gasteiger partial charge in [-0.25, -0.2) is 0 Å².